The van der Waals surface area contributed by atoms with Crippen molar-refractivity contribution in [3.8, 4) is 5.69 Å². The maximum absolute atomic E-state index is 13.1. The van der Waals surface area contributed by atoms with Crippen molar-refractivity contribution in [3.05, 3.63) is 46.8 Å². The number of aromatic nitrogens is 2. The van der Waals surface area contributed by atoms with E-state index in [1.165, 1.54) is 0 Å². The zero-order valence-electron chi connectivity index (χ0n) is 10.4. The highest BCUT2D eigenvalue weighted by atomic mass is 35.5. The van der Waals surface area contributed by atoms with Gasteiger partial charge < -0.3 is 0 Å². The van der Waals surface area contributed by atoms with Crippen LogP contribution in [0.2, 0.25) is 0 Å². The highest BCUT2D eigenvalue weighted by Gasteiger charge is 2.38. The van der Waals surface area contributed by atoms with Gasteiger partial charge in [-0.15, -0.1) is 11.6 Å². The number of rotatable bonds is 2. The lowest BCUT2D eigenvalue weighted by Gasteiger charge is -2.14. The molecular formula is C13H12ClF3N2. The largest absolute Gasteiger partial charge is 0.433 e. The lowest BCUT2D eigenvalue weighted by atomic mass is 10.1. The molecule has 102 valence electrons. The monoisotopic (exact) mass is 288 g/mol. The van der Waals surface area contributed by atoms with E-state index in [1.54, 1.807) is 19.1 Å². The molecule has 2 aromatic rings. The standard InChI is InChI=1S/C13H12ClF3N2/c1-8-3-4-11(9(2)5-8)19-12(13(15,16)17)10(6-14)7-18-19/h3-5,7H,6H2,1-2H3. The van der Waals surface area contributed by atoms with E-state index in [2.05, 4.69) is 5.10 Å². The molecule has 6 heteroatoms. The molecule has 0 saturated carbocycles. The molecule has 0 saturated heterocycles. The third-order valence-electron chi connectivity index (χ3n) is 2.84. The first-order valence-corrected chi connectivity index (χ1v) is 6.15. The molecular weight excluding hydrogens is 277 g/mol. The smallest absolute Gasteiger partial charge is 0.228 e. The molecule has 1 aromatic heterocycles. The zero-order chi connectivity index (χ0) is 14.2. The Morgan fingerprint density at radius 2 is 1.95 bits per heavy atom. The molecule has 0 aliphatic carbocycles. The Labute approximate surface area is 113 Å². The molecule has 0 spiro atoms. The first-order valence-electron chi connectivity index (χ1n) is 5.62. The van der Waals surface area contributed by atoms with Gasteiger partial charge in [-0.2, -0.15) is 18.3 Å². The Kier molecular flexibility index (Phi) is 3.58. The number of halogens is 4. The zero-order valence-corrected chi connectivity index (χ0v) is 11.2. The van der Waals surface area contributed by atoms with Crippen LogP contribution in [-0.4, -0.2) is 9.78 Å². The van der Waals surface area contributed by atoms with Gasteiger partial charge in [-0.25, -0.2) is 4.68 Å². The number of hydrogen-bond acceptors (Lipinski definition) is 1. The normalized spacial score (nSPS) is 11.9. The van der Waals surface area contributed by atoms with Gasteiger partial charge in [0.1, 0.15) is 0 Å². The molecule has 1 heterocycles. The first kappa shape index (κ1) is 13.9. The van der Waals surface area contributed by atoms with Gasteiger partial charge >= 0.3 is 6.18 Å². The molecule has 0 aliphatic rings. The van der Waals surface area contributed by atoms with Crippen LogP contribution in [-0.2, 0) is 12.1 Å². The van der Waals surface area contributed by atoms with Crippen molar-refractivity contribution in [2.75, 3.05) is 0 Å². The average molecular weight is 289 g/mol. The fourth-order valence-electron chi connectivity index (χ4n) is 2.01. The molecule has 0 aliphatic heterocycles. The molecule has 0 atom stereocenters. The van der Waals surface area contributed by atoms with Gasteiger partial charge in [0.2, 0.25) is 0 Å². The van der Waals surface area contributed by atoms with Crippen molar-refractivity contribution in [2.24, 2.45) is 0 Å². The molecule has 2 rings (SSSR count). The van der Waals surface area contributed by atoms with Gasteiger partial charge in [0.25, 0.3) is 0 Å². The quantitative estimate of drug-likeness (QED) is 0.756. The van der Waals surface area contributed by atoms with Crippen LogP contribution in [0.4, 0.5) is 13.2 Å². The SMILES string of the molecule is Cc1ccc(-n2ncc(CCl)c2C(F)(F)F)c(C)c1. The minimum Gasteiger partial charge on any atom is -0.228 e. The lowest BCUT2D eigenvalue weighted by Crippen LogP contribution is -2.15. The molecule has 0 amide bonds. The fraction of sp³-hybridized carbons (Fsp3) is 0.308. The van der Waals surface area contributed by atoms with Crippen LogP contribution in [0.3, 0.4) is 0 Å². The highest BCUT2D eigenvalue weighted by Crippen LogP contribution is 2.34. The molecule has 0 bridgehead atoms. The third kappa shape index (κ3) is 2.61. The lowest BCUT2D eigenvalue weighted by molar-refractivity contribution is -0.143. The van der Waals surface area contributed by atoms with Gasteiger partial charge in [-0.05, 0) is 25.5 Å². The Morgan fingerprint density at radius 1 is 1.26 bits per heavy atom. The van der Waals surface area contributed by atoms with Crippen LogP contribution in [0.1, 0.15) is 22.4 Å². The van der Waals surface area contributed by atoms with Crippen LogP contribution in [0.5, 0.6) is 0 Å². The Morgan fingerprint density at radius 3 is 2.47 bits per heavy atom. The van der Waals surface area contributed by atoms with Crippen molar-refractivity contribution < 1.29 is 13.2 Å². The summed E-state index contributed by atoms with van der Waals surface area (Å²) in [5.74, 6) is -0.222. The summed E-state index contributed by atoms with van der Waals surface area (Å²) in [4.78, 5) is 0. The minimum atomic E-state index is -4.49. The van der Waals surface area contributed by atoms with E-state index in [9.17, 15) is 13.2 Å². The van der Waals surface area contributed by atoms with Crippen LogP contribution in [0.25, 0.3) is 5.69 Å². The summed E-state index contributed by atoms with van der Waals surface area (Å²) >= 11 is 5.55. The average Bonchev–Trinajstić information content (AvgIpc) is 2.72. The van der Waals surface area contributed by atoms with Gasteiger partial charge in [-0.1, -0.05) is 17.7 Å². The highest BCUT2D eigenvalue weighted by molar-refractivity contribution is 6.17. The van der Waals surface area contributed by atoms with Crippen LogP contribution in [0, 0.1) is 13.8 Å². The summed E-state index contributed by atoms with van der Waals surface area (Å²) in [6.07, 6.45) is -3.33. The number of nitrogens with zero attached hydrogens (tertiary/aromatic N) is 2. The summed E-state index contributed by atoms with van der Waals surface area (Å²) in [7, 11) is 0. The first-order chi connectivity index (χ1) is 8.84. The van der Waals surface area contributed by atoms with Crippen LogP contribution >= 0.6 is 11.6 Å². The van der Waals surface area contributed by atoms with Crippen molar-refractivity contribution in [3.63, 3.8) is 0 Å². The second-order valence-corrected chi connectivity index (χ2v) is 4.62. The summed E-state index contributed by atoms with van der Waals surface area (Å²) in [5.41, 5.74) is 1.30. The van der Waals surface area contributed by atoms with Crippen molar-refractivity contribution in [1.29, 1.82) is 0 Å². The number of hydrogen-bond donors (Lipinski definition) is 0. The summed E-state index contributed by atoms with van der Waals surface area (Å²) in [6.45, 7) is 3.64. The second kappa shape index (κ2) is 4.89. The van der Waals surface area contributed by atoms with Gasteiger partial charge in [0.15, 0.2) is 5.69 Å². The molecule has 19 heavy (non-hydrogen) atoms. The van der Waals surface area contributed by atoms with Crippen molar-refractivity contribution in [2.45, 2.75) is 25.9 Å². The third-order valence-corrected chi connectivity index (χ3v) is 3.13. The fourth-order valence-corrected chi connectivity index (χ4v) is 2.20. The van der Waals surface area contributed by atoms with Gasteiger partial charge in [-0.3, -0.25) is 0 Å². The maximum atomic E-state index is 13.1. The maximum Gasteiger partial charge on any atom is 0.433 e. The molecule has 2 nitrogen and oxygen atoms in total. The predicted octanol–water partition coefficient (Wildman–Crippen LogP) is 4.25. The predicted molar refractivity (Wildman–Crippen MR) is 67.6 cm³/mol. The summed E-state index contributed by atoms with van der Waals surface area (Å²) in [5, 5.41) is 3.83. The van der Waals surface area contributed by atoms with E-state index < -0.39 is 11.9 Å². The Balaban J connectivity index is 2.66. The topological polar surface area (TPSA) is 17.8 Å². The molecule has 1 aromatic carbocycles. The minimum absolute atomic E-state index is 0.0193. The second-order valence-electron chi connectivity index (χ2n) is 4.35. The molecule has 0 N–H and O–H groups in total. The van der Waals surface area contributed by atoms with Gasteiger partial charge in [0, 0.05) is 5.56 Å². The van der Waals surface area contributed by atoms with E-state index >= 15 is 0 Å². The molecule has 0 radical (unpaired) electrons. The molecule has 0 unspecified atom stereocenters. The van der Waals surface area contributed by atoms with E-state index in [-0.39, 0.29) is 11.4 Å². The molecule has 0 fully saturated rings. The van der Waals surface area contributed by atoms with E-state index in [0.29, 0.717) is 5.69 Å². The Hall–Kier alpha value is -1.49. The number of benzene rings is 1. The van der Waals surface area contributed by atoms with E-state index in [4.69, 9.17) is 11.6 Å². The van der Waals surface area contributed by atoms with E-state index in [1.807, 2.05) is 13.0 Å². The Bertz CT molecular complexity index is 602. The van der Waals surface area contributed by atoms with E-state index in [0.717, 1.165) is 22.0 Å². The van der Waals surface area contributed by atoms with Gasteiger partial charge in [0.05, 0.1) is 17.8 Å². The van der Waals surface area contributed by atoms with Crippen molar-refractivity contribution in [1.82, 2.24) is 9.78 Å². The van der Waals surface area contributed by atoms with Crippen LogP contribution in [0.15, 0.2) is 24.4 Å². The summed E-state index contributed by atoms with van der Waals surface area (Å²) in [6, 6.07) is 5.20. The number of aryl methyl sites for hydroxylation is 2. The number of alkyl halides is 4. The summed E-state index contributed by atoms with van der Waals surface area (Å²) < 4.78 is 40.2. The van der Waals surface area contributed by atoms with Crippen molar-refractivity contribution >= 4 is 11.6 Å². The van der Waals surface area contributed by atoms with Crippen LogP contribution < -0.4 is 0 Å².